The summed E-state index contributed by atoms with van der Waals surface area (Å²) in [7, 11) is 0. The van der Waals surface area contributed by atoms with E-state index in [9.17, 15) is 15.1 Å². The molecule has 1 amide bonds. The zero-order chi connectivity index (χ0) is 15.8. The van der Waals surface area contributed by atoms with Gasteiger partial charge in [0.1, 0.15) is 5.75 Å². The topological polar surface area (TPSA) is 60.8 Å². The van der Waals surface area contributed by atoms with E-state index in [1.807, 2.05) is 42.5 Å². The molecule has 2 aromatic carbocycles. The number of hydrogen-bond donors (Lipinski definition) is 2. The standard InChI is InChI=1S/C18H21NO3/c20-17-12-10-15(11-13-17)6-4-5-9-18(21)19(22)14-16-7-2-1-3-8-16/h1-3,7-8,10-13,20,22H,4-6,9,14H2. The molecule has 0 bridgehead atoms. The highest BCUT2D eigenvalue weighted by atomic mass is 16.5. The van der Waals surface area contributed by atoms with E-state index in [-0.39, 0.29) is 18.2 Å². The molecule has 0 aliphatic rings. The molecule has 0 saturated heterocycles. The lowest BCUT2D eigenvalue weighted by Crippen LogP contribution is -2.26. The van der Waals surface area contributed by atoms with Gasteiger partial charge in [-0.05, 0) is 42.5 Å². The molecule has 4 nitrogen and oxygen atoms in total. The van der Waals surface area contributed by atoms with E-state index in [2.05, 4.69) is 0 Å². The van der Waals surface area contributed by atoms with Crippen LogP contribution in [-0.4, -0.2) is 21.3 Å². The Labute approximate surface area is 130 Å². The van der Waals surface area contributed by atoms with E-state index < -0.39 is 0 Å². The van der Waals surface area contributed by atoms with Gasteiger partial charge in [-0.3, -0.25) is 10.0 Å². The fraction of sp³-hybridized carbons (Fsp3) is 0.278. The van der Waals surface area contributed by atoms with Gasteiger partial charge in [0.2, 0.25) is 5.91 Å². The van der Waals surface area contributed by atoms with Crippen molar-refractivity contribution < 1.29 is 15.1 Å². The third-order valence-electron chi connectivity index (χ3n) is 3.51. The quantitative estimate of drug-likeness (QED) is 0.467. The van der Waals surface area contributed by atoms with Gasteiger partial charge >= 0.3 is 0 Å². The first kappa shape index (κ1) is 16.0. The Kier molecular flexibility index (Phi) is 5.98. The van der Waals surface area contributed by atoms with Gasteiger partial charge in [-0.15, -0.1) is 0 Å². The molecular weight excluding hydrogens is 278 g/mol. The van der Waals surface area contributed by atoms with E-state index in [1.54, 1.807) is 12.1 Å². The Morgan fingerprint density at radius 2 is 1.59 bits per heavy atom. The van der Waals surface area contributed by atoms with E-state index in [0.29, 0.717) is 6.42 Å². The molecule has 0 radical (unpaired) electrons. The Hall–Kier alpha value is -2.33. The van der Waals surface area contributed by atoms with Crippen LogP contribution in [0.5, 0.6) is 5.75 Å². The molecule has 2 aromatic rings. The summed E-state index contributed by atoms with van der Waals surface area (Å²) in [6.45, 7) is 0.220. The second-order valence-electron chi connectivity index (χ2n) is 5.31. The first-order valence-corrected chi connectivity index (χ1v) is 7.46. The Morgan fingerprint density at radius 3 is 2.27 bits per heavy atom. The Balaban J connectivity index is 1.67. The largest absolute Gasteiger partial charge is 0.508 e. The lowest BCUT2D eigenvalue weighted by Gasteiger charge is -2.14. The minimum absolute atomic E-state index is 0.220. The van der Waals surface area contributed by atoms with Gasteiger partial charge in [0.25, 0.3) is 0 Å². The third kappa shape index (κ3) is 5.22. The summed E-state index contributed by atoms with van der Waals surface area (Å²) in [6.07, 6.45) is 2.79. The van der Waals surface area contributed by atoms with E-state index in [4.69, 9.17) is 0 Å². The van der Waals surface area contributed by atoms with Gasteiger partial charge in [-0.25, -0.2) is 5.06 Å². The number of phenolic OH excluding ortho intramolecular Hbond substituents is 1. The molecule has 2 rings (SSSR count). The van der Waals surface area contributed by atoms with Crippen molar-refractivity contribution in [1.82, 2.24) is 5.06 Å². The first-order valence-electron chi connectivity index (χ1n) is 7.46. The van der Waals surface area contributed by atoms with Crippen molar-refractivity contribution in [1.29, 1.82) is 0 Å². The third-order valence-corrected chi connectivity index (χ3v) is 3.51. The lowest BCUT2D eigenvalue weighted by atomic mass is 10.1. The number of hydrogen-bond acceptors (Lipinski definition) is 3. The molecule has 0 heterocycles. The van der Waals surface area contributed by atoms with Crippen molar-refractivity contribution in [3.05, 3.63) is 65.7 Å². The summed E-state index contributed by atoms with van der Waals surface area (Å²) in [5.74, 6) is 0.00493. The van der Waals surface area contributed by atoms with Gasteiger partial charge in [-0.1, -0.05) is 42.5 Å². The molecule has 0 saturated carbocycles. The molecule has 4 heteroatoms. The molecule has 0 aliphatic carbocycles. The van der Waals surface area contributed by atoms with Crippen LogP contribution in [0, 0.1) is 0 Å². The molecule has 0 unspecified atom stereocenters. The van der Waals surface area contributed by atoms with Gasteiger partial charge in [0.15, 0.2) is 0 Å². The van der Waals surface area contributed by atoms with Gasteiger partial charge in [0.05, 0.1) is 6.54 Å². The van der Waals surface area contributed by atoms with E-state index in [0.717, 1.165) is 35.5 Å². The molecule has 0 fully saturated rings. The van der Waals surface area contributed by atoms with Crippen molar-refractivity contribution in [2.75, 3.05) is 0 Å². The minimum atomic E-state index is -0.255. The average molecular weight is 299 g/mol. The van der Waals surface area contributed by atoms with Crippen LogP contribution >= 0.6 is 0 Å². The zero-order valence-electron chi connectivity index (χ0n) is 12.5. The maximum absolute atomic E-state index is 11.8. The number of carbonyl (C=O) groups excluding carboxylic acids is 1. The maximum atomic E-state index is 11.8. The predicted octanol–water partition coefficient (Wildman–Crippen LogP) is 3.52. The molecule has 0 atom stereocenters. The van der Waals surface area contributed by atoms with Crippen LogP contribution in [0.4, 0.5) is 0 Å². The number of hydroxylamine groups is 2. The SMILES string of the molecule is O=C(CCCCc1ccc(O)cc1)N(O)Cc1ccccc1. The van der Waals surface area contributed by atoms with Crippen molar-refractivity contribution in [3.63, 3.8) is 0 Å². The molecule has 0 aromatic heterocycles. The smallest absolute Gasteiger partial charge is 0.246 e. The van der Waals surface area contributed by atoms with Crippen LogP contribution < -0.4 is 0 Å². The number of amides is 1. The predicted molar refractivity (Wildman–Crippen MR) is 84.4 cm³/mol. The second-order valence-corrected chi connectivity index (χ2v) is 5.31. The molecular formula is C18H21NO3. The lowest BCUT2D eigenvalue weighted by molar-refractivity contribution is -0.168. The van der Waals surface area contributed by atoms with Crippen molar-refractivity contribution in [2.24, 2.45) is 0 Å². The highest BCUT2D eigenvalue weighted by Gasteiger charge is 2.10. The van der Waals surface area contributed by atoms with Crippen LogP contribution in [-0.2, 0) is 17.8 Å². The molecule has 0 spiro atoms. The van der Waals surface area contributed by atoms with Crippen LogP contribution in [0.25, 0.3) is 0 Å². The zero-order valence-corrected chi connectivity index (χ0v) is 12.5. The second kappa shape index (κ2) is 8.20. The first-order chi connectivity index (χ1) is 10.6. The summed E-state index contributed by atoms with van der Waals surface area (Å²) >= 11 is 0. The van der Waals surface area contributed by atoms with Crippen LogP contribution in [0.3, 0.4) is 0 Å². The summed E-state index contributed by atoms with van der Waals surface area (Å²) in [5, 5.41) is 19.8. The number of unbranched alkanes of at least 4 members (excludes halogenated alkanes) is 1. The van der Waals surface area contributed by atoms with Crippen LogP contribution in [0.1, 0.15) is 30.4 Å². The Bertz CT molecular complexity index is 581. The van der Waals surface area contributed by atoms with Crippen LogP contribution in [0.15, 0.2) is 54.6 Å². The minimum Gasteiger partial charge on any atom is -0.508 e. The fourth-order valence-electron chi connectivity index (χ4n) is 2.24. The van der Waals surface area contributed by atoms with E-state index >= 15 is 0 Å². The van der Waals surface area contributed by atoms with Crippen LogP contribution in [0.2, 0.25) is 0 Å². The van der Waals surface area contributed by atoms with Gasteiger partial charge in [-0.2, -0.15) is 0 Å². The molecule has 0 aliphatic heterocycles. The number of aromatic hydroxyl groups is 1. The number of benzene rings is 2. The van der Waals surface area contributed by atoms with Crippen molar-refractivity contribution >= 4 is 5.91 Å². The number of aryl methyl sites for hydroxylation is 1. The number of rotatable bonds is 7. The summed E-state index contributed by atoms with van der Waals surface area (Å²) in [4.78, 5) is 11.8. The molecule has 22 heavy (non-hydrogen) atoms. The average Bonchev–Trinajstić information content (AvgIpc) is 2.54. The normalized spacial score (nSPS) is 10.4. The summed E-state index contributed by atoms with van der Waals surface area (Å²) < 4.78 is 0. The number of carbonyl (C=O) groups is 1. The molecule has 116 valence electrons. The molecule has 2 N–H and O–H groups in total. The highest BCUT2D eigenvalue weighted by Crippen LogP contribution is 2.13. The van der Waals surface area contributed by atoms with Gasteiger partial charge < -0.3 is 5.11 Å². The van der Waals surface area contributed by atoms with Gasteiger partial charge in [0, 0.05) is 6.42 Å². The van der Waals surface area contributed by atoms with E-state index in [1.165, 1.54) is 0 Å². The fourth-order valence-corrected chi connectivity index (χ4v) is 2.24. The monoisotopic (exact) mass is 299 g/mol. The van der Waals surface area contributed by atoms with Crippen molar-refractivity contribution in [2.45, 2.75) is 32.2 Å². The van der Waals surface area contributed by atoms with Crippen molar-refractivity contribution in [3.8, 4) is 5.75 Å². The summed E-state index contributed by atoms with van der Waals surface area (Å²) in [6, 6.07) is 16.5. The number of nitrogens with zero attached hydrogens (tertiary/aromatic N) is 1. The number of phenols is 1. The Morgan fingerprint density at radius 1 is 0.909 bits per heavy atom. The maximum Gasteiger partial charge on any atom is 0.246 e. The highest BCUT2D eigenvalue weighted by molar-refractivity contribution is 5.74. The summed E-state index contributed by atoms with van der Waals surface area (Å²) in [5.41, 5.74) is 2.04.